The van der Waals surface area contributed by atoms with Crippen LogP contribution in [0, 0.1) is 5.92 Å². The zero-order valence-corrected chi connectivity index (χ0v) is 32.8. The summed E-state index contributed by atoms with van der Waals surface area (Å²) in [6.45, 7) is 13.1. The lowest BCUT2D eigenvalue weighted by molar-refractivity contribution is 0.122. The molecule has 0 fully saturated rings. The molecular formula is C42H55NO6SSi. The predicted octanol–water partition coefficient (Wildman–Crippen LogP) is 7.33. The van der Waals surface area contributed by atoms with Crippen LogP contribution in [-0.2, 0) is 27.5 Å². The standard InChI is InChI=1S/C42H55NO6SSi/c1-8-15-33(2)41(50(45,46)43(31-34-20-24-37(47-6)25-21-34)32-35-22-26-38(48-7)27-23-35)30-36(44)28-29-49-51(42(3,4)5,39-16-11-9-12-17-39)40-18-13-10-14-19-40/h8-14,16-27,33,36,41,44H,1,15,28-32H2,2-7H3. The maximum absolute atomic E-state index is 14.8. The number of hydrogen-bond acceptors (Lipinski definition) is 6. The highest BCUT2D eigenvalue weighted by Crippen LogP contribution is 2.37. The van der Waals surface area contributed by atoms with Crippen molar-refractivity contribution in [1.82, 2.24) is 4.31 Å². The van der Waals surface area contributed by atoms with E-state index in [1.165, 1.54) is 4.31 Å². The van der Waals surface area contributed by atoms with Gasteiger partial charge in [0.15, 0.2) is 0 Å². The molecule has 0 aliphatic carbocycles. The number of hydrogen-bond donors (Lipinski definition) is 1. The van der Waals surface area contributed by atoms with Crippen molar-refractivity contribution < 1.29 is 27.4 Å². The van der Waals surface area contributed by atoms with E-state index < -0.39 is 29.7 Å². The average molecular weight is 730 g/mol. The van der Waals surface area contributed by atoms with Gasteiger partial charge in [0.1, 0.15) is 11.5 Å². The van der Waals surface area contributed by atoms with Gasteiger partial charge in [0.05, 0.1) is 25.6 Å². The number of sulfonamides is 1. The fourth-order valence-corrected chi connectivity index (χ4v) is 13.6. The minimum absolute atomic E-state index is 0.0726. The third kappa shape index (κ3) is 9.99. The topological polar surface area (TPSA) is 85.3 Å². The molecule has 9 heteroatoms. The Hall–Kier alpha value is -3.73. The molecule has 0 bridgehead atoms. The molecule has 0 radical (unpaired) electrons. The molecule has 0 saturated carbocycles. The molecule has 0 amide bonds. The molecule has 4 rings (SSSR count). The van der Waals surface area contributed by atoms with Crippen LogP contribution in [0.5, 0.6) is 11.5 Å². The van der Waals surface area contributed by atoms with Crippen LogP contribution < -0.4 is 19.8 Å². The van der Waals surface area contributed by atoms with Gasteiger partial charge in [0.2, 0.25) is 10.0 Å². The van der Waals surface area contributed by atoms with Crippen LogP contribution in [0.4, 0.5) is 0 Å². The third-order valence-corrected chi connectivity index (χ3v) is 17.1. The maximum atomic E-state index is 14.8. The van der Waals surface area contributed by atoms with Gasteiger partial charge < -0.3 is 19.0 Å². The molecule has 4 aromatic carbocycles. The number of aliphatic hydroxyl groups excluding tert-OH is 1. The fraction of sp³-hybridized carbons (Fsp3) is 0.381. The van der Waals surface area contributed by atoms with Crippen LogP contribution in [0.2, 0.25) is 5.04 Å². The van der Waals surface area contributed by atoms with Crippen molar-refractivity contribution in [2.75, 3.05) is 20.8 Å². The van der Waals surface area contributed by atoms with E-state index in [1.54, 1.807) is 20.3 Å². The van der Waals surface area contributed by atoms with Gasteiger partial charge in [-0.1, -0.05) is 119 Å². The van der Waals surface area contributed by atoms with Crippen LogP contribution in [0.15, 0.2) is 122 Å². The summed E-state index contributed by atoms with van der Waals surface area (Å²) in [5.74, 6) is 1.11. The van der Waals surface area contributed by atoms with Gasteiger partial charge in [-0.05, 0) is 76.0 Å². The highest BCUT2D eigenvalue weighted by atomic mass is 32.2. The lowest BCUT2D eigenvalue weighted by Gasteiger charge is -2.43. The van der Waals surface area contributed by atoms with Crippen LogP contribution in [0.1, 0.15) is 58.1 Å². The monoisotopic (exact) mass is 729 g/mol. The van der Waals surface area contributed by atoms with Crippen molar-refractivity contribution in [3.8, 4) is 11.5 Å². The number of rotatable bonds is 19. The second-order valence-corrected chi connectivity index (χ2v) is 20.7. The molecular weight excluding hydrogens is 675 g/mol. The van der Waals surface area contributed by atoms with E-state index in [-0.39, 0.29) is 30.5 Å². The number of benzene rings is 4. The van der Waals surface area contributed by atoms with Gasteiger partial charge in [0.25, 0.3) is 8.32 Å². The molecule has 51 heavy (non-hydrogen) atoms. The Morgan fingerprint density at radius 2 is 1.24 bits per heavy atom. The van der Waals surface area contributed by atoms with Gasteiger partial charge in [-0.3, -0.25) is 0 Å². The largest absolute Gasteiger partial charge is 0.497 e. The highest BCUT2D eigenvalue weighted by Gasteiger charge is 2.50. The molecule has 0 aromatic heterocycles. The van der Waals surface area contributed by atoms with E-state index in [0.29, 0.717) is 30.9 Å². The lowest BCUT2D eigenvalue weighted by atomic mass is 9.98. The minimum atomic E-state index is -3.94. The van der Waals surface area contributed by atoms with Crippen molar-refractivity contribution >= 4 is 28.7 Å². The maximum Gasteiger partial charge on any atom is 0.261 e. The highest BCUT2D eigenvalue weighted by molar-refractivity contribution is 7.89. The van der Waals surface area contributed by atoms with Gasteiger partial charge in [0, 0.05) is 19.7 Å². The van der Waals surface area contributed by atoms with Gasteiger partial charge in [-0.15, -0.1) is 6.58 Å². The SMILES string of the molecule is C=CCC(C)C(CC(O)CCO[Si](c1ccccc1)(c1ccccc1)C(C)(C)C)S(=O)(=O)N(Cc1ccc(OC)cc1)Cc1ccc(OC)cc1. The summed E-state index contributed by atoms with van der Waals surface area (Å²) >= 11 is 0. The molecule has 4 aromatic rings. The zero-order valence-electron chi connectivity index (χ0n) is 31.0. The molecule has 0 aliphatic heterocycles. The summed E-state index contributed by atoms with van der Waals surface area (Å²) in [7, 11) is -3.55. The van der Waals surface area contributed by atoms with Crippen LogP contribution >= 0.6 is 0 Å². The predicted molar refractivity (Wildman–Crippen MR) is 211 cm³/mol. The molecule has 0 saturated heterocycles. The smallest absolute Gasteiger partial charge is 0.261 e. The summed E-state index contributed by atoms with van der Waals surface area (Å²) in [5, 5.41) is 12.9. The summed E-state index contributed by atoms with van der Waals surface area (Å²) < 4.78 is 48.8. The number of methoxy groups -OCH3 is 2. The minimum Gasteiger partial charge on any atom is -0.497 e. The third-order valence-electron chi connectivity index (χ3n) is 9.64. The fourth-order valence-electron chi connectivity index (χ4n) is 6.85. The number of aliphatic hydroxyl groups is 1. The normalized spacial score (nSPS) is 14.1. The molecule has 0 aliphatic rings. The molecule has 3 unspecified atom stereocenters. The van der Waals surface area contributed by atoms with Crippen LogP contribution in [0.25, 0.3) is 0 Å². The number of nitrogens with zero attached hydrogens (tertiary/aromatic N) is 1. The molecule has 0 heterocycles. The van der Waals surface area contributed by atoms with Crippen molar-refractivity contribution in [1.29, 1.82) is 0 Å². The molecule has 274 valence electrons. The molecule has 0 spiro atoms. The first kappa shape index (κ1) is 40.0. The second-order valence-electron chi connectivity index (χ2n) is 14.2. The zero-order chi connectivity index (χ0) is 37.1. The van der Waals surface area contributed by atoms with Crippen LogP contribution in [0.3, 0.4) is 0 Å². The molecule has 7 nitrogen and oxygen atoms in total. The second kappa shape index (κ2) is 18.2. The van der Waals surface area contributed by atoms with E-state index in [4.69, 9.17) is 13.9 Å². The van der Waals surface area contributed by atoms with Crippen LogP contribution in [-0.4, -0.2) is 58.3 Å². The van der Waals surface area contributed by atoms with E-state index in [0.717, 1.165) is 21.5 Å². The van der Waals surface area contributed by atoms with E-state index in [2.05, 4.69) is 51.6 Å². The first-order valence-electron chi connectivity index (χ1n) is 17.6. The summed E-state index contributed by atoms with van der Waals surface area (Å²) in [6.07, 6.45) is 1.72. The van der Waals surface area contributed by atoms with Crippen molar-refractivity contribution in [2.24, 2.45) is 5.92 Å². The van der Waals surface area contributed by atoms with Gasteiger partial charge in [-0.2, -0.15) is 4.31 Å². The molecule has 3 atom stereocenters. The van der Waals surface area contributed by atoms with E-state index in [9.17, 15) is 13.5 Å². The van der Waals surface area contributed by atoms with E-state index >= 15 is 0 Å². The Labute approximate surface area is 307 Å². The Morgan fingerprint density at radius 1 is 0.784 bits per heavy atom. The molecule has 1 N–H and O–H groups in total. The lowest BCUT2D eigenvalue weighted by Crippen LogP contribution is -2.66. The van der Waals surface area contributed by atoms with Gasteiger partial charge >= 0.3 is 0 Å². The first-order chi connectivity index (χ1) is 24.3. The van der Waals surface area contributed by atoms with Crippen molar-refractivity contribution in [3.63, 3.8) is 0 Å². The quantitative estimate of drug-likeness (QED) is 0.0804. The van der Waals surface area contributed by atoms with Crippen molar-refractivity contribution in [3.05, 3.63) is 133 Å². The van der Waals surface area contributed by atoms with Gasteiger partial charge in [-0.25, -0.2) is 8.42 Å². The average Bonchev–Trinajstić information content (AvgIpc) is 3.13. The van der Waals surface area contributed by atoms with E-state index in [1.807, 2.05) is 91.9 Å². The number of ether oxygens (including phenoxy) is 2. The summed E-state index contributed by atoms with van der Waals surface area (Å²) in [5.41, 5.74) is 1.67. The van der Waals surface area contributed by atoms with Crippen molar-refractivity contribution in [2.45, 2.75) is 76.4 Å². The Kier molecular flexibility index (Phi) is 14.3. The Balaban J connectivity index is 1.62. The summed E-state index contributed by atoms with van der Waals surface area (Å²) in [6, 6.07) is 35.6. The Morgan fingerprint density at radius 3 is 1.63 bits per heavy atom. The summed E-state index contributed by atoms with van der Waals surface area (Å²) in [4.78, 5) is 0. The Bertz CT molecular complexity index is 1650. The number of allylic oxidation sites excluding steroid dienone is 1. The first-order valence-corrected chi connectivity index (χ1v) is 21.1.